The fourth-order valence-corrected chi connectivity index (χ4v) is 2.85. The Labute approximate surface area is 141 Å². The molecule has 2 aromatic rings. The predicted molar refractivity (Wildman–Crippen MR) is 95.0 cm³/mol. The number of piperidine rings is 1. The van der Waals surface area contributed by atoms with Crippen molar-refractivity contribution in [2.75, 3.05) is 24.1 Å². The molecule has 0 aromatic heterocycles. The van der Waals surface area contributed by atoms with Crippen LogP contribution in [0.15, 0.2) is 48.5 Å². The normalized spacial score (nSPS) is 14.2. The second-order valence-corrected chi connectivity index (χ2v) is 6.01. The van der Waals surface area contributed by atoms with Crippen molar-refractivity contribution in [1.82, 2.24) is 4.90 Å². The van der Waals surface area contributed by atoms with Crippen LogP contribution >= 0.6 is 0 Å². The van der Waals surface area contributed by atoms with Crippen molar-refractivity contribution in [3.63, 3.8) is 0 Å². The molecule has 5 nitrogen and oxygen atoms in total. The molecule has 124 valence electrons. The average molecular weight is 323 g/mol. The summed E-state index contributed by atoms with van der Waals surface area (Å²) in [5.74, 6) is -0.198. The number of anilines is 2. The zero-order chi connectivity index (χ0) is 16.9. The lowest BCUT2D eigenvalue weighted by Crippen LogP contribution is -2.35. The van der Waals surface area contributed by atoms with Crippen LogP contribution in [0.25, 0.3) is 0 Å². The zero-order valence-electron chi connectivity index (χ0n) is 13.5. The number of nitrogens with two attached hydrogens (primary N) is 1. The molecule has 0 bridgehead atoms. The predicted octanol–water partition coefficient (Wildman–Crippen LogP) is 3.15. The van der Waals surface area contributed by atoms with E-state index >= 15 is 0 Å². The maximum absolute atomic E-state index is 12.5. The number of carbonyl (C=O) groups excluding carboxylic acids is 2. The third kappa shape index (κ3) is 3.74. The summed E-state index contributed by atoms with van der Waals surface area (Å²) in [6, 6.07) is 13.8. The summed E-state index contributed by atoms with van der Waals surface area (Å²) in [6.07, 6.45) is 3.29. The van der Waals surface area contributed by atoms with E-state index in [9.17, 15) is 9.59 Å². The van der Waals surface area contributed by atoms with Crippen LogP contribution in [0.5, 0.6) is 0 Å². The summed E-state index contributed by atoms with van der Waals surface area (Å²) >= 11 is 0. The first-order valence-electron chi connectivity index (χ1n) is 8.20. The van der Waals surface area contributed by atoms with E-state index < -0.39 is 0 Å². The molecule has 0 saturated carbocycles. The Hall–Kier alpha value is -2.82. The van der Waals surface area contributed by atoms with Crippen LogP contribution in [0.4, 0.5) is 11.4 Å². The van der Waals surface area contributed by atoms with Crippen LogP contribution in [-0.4, -0.2) is 29.8 Å². The maximum atomic E-state index is 12.5. The van der Waals surface area contributed by atoms with Gasteiger partial charge in [0.05, 0.1) is 0 Å². The SMILES string of the molecule is Nc1ccc(C(=O)Nc2cccc(C(=O)N3CCCCC3)c2)cc1. The molecule has 2 aromatic carbocycles. The van der Waals surface area contributed by atoms with E-state index in [0.29, 0.717) is 22.5 Å². The molecule has 1 heterocycles. The Morgan fingerprint density at radius 3 is 2.33 bits per heavy atom. The Morgan fingerprint density at radius 2 is 1.62 bits per heavy atom. The van der Waals surface area contributed by atoms with Crippen molar-refractivity contribution >= 4 is 23.2 Å². The highest BCUT2D eigenvalue weighted by atomic mass is 16.2. The van der Waals surface area contributed by atoms with Crippen LogP contribution in [0.3, 0.4) is 0 Å². The summed E-state index contributed by atoms with van der Waals surface area (Å²) in [5, 5.41) is 2.83. The Morgan fingerprint density at radius 1 is 0.917 bits per heavy atom. The van der Waals surface area contributed by atoms with Gasteiger partial charge in [-0.25, -0.2) is 0 Å². The molecule has 1 aliphatic rings. The van der Waals surface area contributed by atoms with Gasteiger partial charge in [0.1, 0.15) is 0 Å². The van der Waals surface area contributed by atoms with Crippen molar-refractivity contribution in [2.24, 2.45) is 0 Å². The monoisotopic (exact) mass is 323 g/mol. The largest absolute Gasteiger partial charge is 0.399 e. The van der Waals surface area contributed by atoms with Crippen LogP contribution in [0.2, 0.25) is 0 Å². The van der Waals surface area contributed by atoms with Gasteiger partial charge in [0.25, 0.3) is 11.8 Å². The minimum Gasteiger partial charge on any atom is -0.399 e. The number of nitrogens with one attached hydrogen (secondary N) is 1. The molecule has 24 heavy (non-hydrogen) atoms. The van der Waals surface area contributed by atoms with Gasteiger partial charge >= 0.3 is 0 Å². The van der Waals surface area contributed by atoms with Gasteiger partial charge in [0, 0.05) is 35.6 Å². The quantitative estimate of drug-likeness (QED) is 0.852. The van der Waals surface area contributed by atoms with Gasteiger partial charge in [0.2, 0.25) is 0 Å². The smallest absolute Gasteiger partial charge is 0.255 e. The van der Waals surface area contributed by atoms with Gasteiger partial charge in [-0.05, 0) is 61.7 Å². The number of carbonyl (C=O) groups is 2. The van der Waals surface area contributed by atoms with Crippen LogP contribution in [0, 0.1) is 0 Å². The van der Waals surface area contributed by atoms with E-state index in [1.807, 2.05) is 4.90 Å². The lowest BCUT2D eigenvalue weighted by atomic mass is 10.1. The number of nitrogen functional groups attached to an aromatic ring is 1. The van der Waals surface area contributed by atoms with Crippen molar-refractivity contribution in [3.8, 4) is 0 Å². The molecule has 1 fully saturated rings. The first-order chi connectivity index (χ1) is 11.6. The van der Waals surface area contributed by atoms with Crippen LogP contribution in [0.1, 0.15) is 40.0 Å². The fourth-order valence-electron chi connectivity index (χ4n) is 2.85. The Balaban J connectivity index is 1.71. The molecule has 1 saturated heterocycles. The highest BCUT2D eigenvalue weighted by Gasteiger charge is 2.18. The summed E-state index contributed by atoms with van der Waals surface area (Å²) < 4.78 is 0. The van der Waals surface area contributed by atoms with Crippen molar-refractivity contribution < 1.29 is 9.59 Å². The van der Waals surface area contributed by atoms with Gasteiger partial charge in [-0.2, -0.15) is 0 Å². The molecule has 3 rings (SSSR count). The molecule has 5 heteroatoms. The molecule has 0 radical (unpaired) electrons. The van der Waals surface area contributed by atoms with E-state index in [0.717, 1.165) is 25.9 Å². The van der Waals surface area contributed by atoms with Crippen LogP contribution in [-0.2, 0) is 0 Å². The number of amides is 2. The second kappa shape index (κ2) is 7.17. The third-order valence-corrected chi connectivity index (χ3v) is 4.18. The minimum atomic E-state index is -0.224. The van der Waals surface area contributed by atoms with Gasteiger partial charge in [0.15, 0.2) is 0 Å². The summed E-state index contributed by atoms with van der Waals surface area (Å²) in [5.41, 5.74) is 7.98. The lowest BCUT2D eigenvalue weighted by Gasteiger charge is -2.26. The van der Waals surface area contributed by atoms with E-state index in [2.05, 4.69) is 5.32 Å². The van der Waals surface area contributed by atoms with Crippen molar-refractivity contribution in [1.29, 1.82) is 0 Å². The number of hydrogen-bond acceptors (Lipinski definition) is 3. The second-order valence-electron chi connectivity index (χ2n) is 6.01. The van der Waals surface area contributed by atoms with E-state index in [-0.39, 0.29) is 11.8 Å². The molecule has 0 spiro atoms. The summed E-state index contributed by atoms with van der Waals surface area (Å²) in [6.45, 7) is 1.61. The number of nitrogens with zero attached hydrogens (tertiary/aromatic N) is 1. The van der Waals surface area contributed by atoms with Gasteiger partial charge in [-0.15, -0.1) is 0 Å². The molecular weight excluding hydrogens is 302 g/mol. The van der Waals surface area contributed by atoms with Gasteiger partial charge in [-0.1, -0.05) is 6.07 Å². The molecular formula is C19H21N3O2. The average Bonchev–Trinajstić information content (AvgIpc) is 2.62. The van der Waals surface area contributed by atoms with Crippen molar-refractivity contribution in [3.05, 3.63) is 59.7 Å². The molecule has 2 amide bonds. The third-order valence-electron chi connectivity index (χ3n) is 4.18. The summed E-state index contributed by atoms with van der Waals surface area (Å²) in [4.78, 5) is 26.7. The number of rotatable bonds is 3. The highest BCUT2D eigenvalue weighted by molar-refractivity contribution is 6.05. The lowest BCUT2D eigenvalue weighted by molar-refractivity contribution is 0.0724. The number of hydrogen-bond donors (Lipinski definition) is 2. The molecule has 0 aliphatic carbocycles. The number of likely N-dealkylation sites (tertiary alicyclic amines) is 1. The molecule has 0 unspecified atom stereocenters. The highest BCUT2D eigenvalue weighted by Crippen LogP contribution is 2.17. The van der Waals surface area contributed by atoms with E-state index in [1.165, 1.54) is 6.42 Å². The Bertz CT molecular complexity index is 735. The standard InChI is InChI=1S/C19H21N3O2/c20-16-9-7-14(8-10-16)18(23)21-17-6-4-5-15(13-17)19(24)22-11-2-1-3-12-22/h4-10,13H,1-3,11-12,20H2,(H,21,23). The van der Waals surface area contributed by atoms with Gasteiger partial charge in [-0.3, -0.25) is 9.59 Å². The maximum Gasteiger partial charge on any atom is 0.255 e. The minimum absolute atomic E-state index is 0.0262. The zero-order valence-corrected chi connectivity index (χ0v) is 13.5. The van der Waals surface area contributed by atoms with Crippen molar-refractivity contribution in [2.45, 2.75) is 19.3 Å². The molecule has 3 N–H and O–H groups in total. The molecule has 0 atom stereocenters. The van der Waals surface area contributed by atoms with E-state index in [4.69, 9.17) is 5.73 Å². The Kier molecular flexibility index (Phi) is 4.79. The number of benzene rings is 2. The summed E-state index contributed by atoms with van der Waals surface area (Å²) in [7, 11) is 0. The van der Waals surface area contributed by atoms with E-state index in [1.54, 1.807) is 48.5 Å². The van der Waals surface area contributed by atoms with Gasteiger partial charge < -0.3 is 16.0 Å². The first kappa shape index (κ1) is 16.1. The topological polar surface area (TPSA) is 75.4 Å². The van der Waals surface area contributed by atoms with Crippen LogP contribution < -0.4 is 11.1 Å². The fraction of sp³-hybridized carbons (Fsp3) is 0.263. The first-order valence-corrected chi connectivity index (χ1v) is 8.20. The molecule has 1 aliphatic heterocycles.